The number of pyridine rings is 1. The first kappa shape index (κ1) is 23.9. The van der Waals surface area contributed by atoms with E-state index in [-0.39, 0.29) is 11.9 Å². The van der Waals surface area contributed by atoms with Gasteiger partial charge >= 0.3 is 0 Å². The molecule has 12 heteroatoms. The number of anilines is 1. The zero-order chi connectivity index (χ0) is 25.8. The van der Waals surface area contributed by atoms with Crippen molar-refractivity contribution in [3.63, 3.8) is 0 Å². The smallest absolute Gasteiger partial charge is 0.256 e. The highest BCUT2D eigenvalue weighted by atomic mass is 19.3. The molecule has 0 aromatic carbocycles. The number of hydrogen-bond donors (Lipinski definition) is 2. The van der Waals surface area contributed by atoms with Gasteiger partial charge in [0.25, 0.3) is 6.43 Å². The molecule has 4 heterocycles. The van der Waals surface area contributed by atoms with Crippen LogP contribution in [-0.4, -0.2) is 74.0 Å². The minimum Gasteiger partial charge on any atom is -0.480 e. The van der Waals surface area contributed by atoms with E-state index in [4.69, 9.17) is 4.74 Å². The lowest BCUT2D eigenvalue weighted by molar-refractivity contribution is -0.143. The molecule has 2 N–H and O–H groups in total. The summed E-state index contributed by atoms with van der Waals surface area (Å²) >= 11 is 0. The third-order valence-corrected chi connectivity index (χ3v) is 6.77. The number of methoxy groups -OCH3 is 1. The Morgan fingerprint density at radius 2 is 2.08 bits per heavy atom. The predicted octanol–water partition coefficient (Wildman–Crippen LogP) is 3.62. The molecule has 10 nitrogen and oxygen atoms in total. The molecule has 4 aromatic rings. The van der Waals surface area contributed by atoms with Gasteiger partial charge in [-0.05, 0) is 25.8 Å². The number of hydrogen-bond acceptors (Lipinski definition) is 7. The highest BCUT2D eigenvalue weighted by Gasteiger charge is 2.47. The molecule has 1 aliphatic carbocycles. The van der Waals surface area contributed by atoms with Crippen molar-refractivity contribution < 1.29 is 18.3 Å². The fourth-order valence-corrected chi connectivity index (χ4v) is 5.10. The maximum atomic E-state index is 13.1. The second-order valence-electron chi connectivity index (χ2n) is 9.72. The molecule has 0 atom stereocenters. The summed E-state index contributed by atoms with van der Waals surface area (Å²) < 4.78 is 33.3. The van der Waals surface area contributed by atoms with Gasteiger partial charge in [-0.25, -0.2) is 18.7 Å². The molecule has 1 saturated carbocycles. The van der Waals surface area contributed by atoms with E-state index in [1.807, 2.05) is 6.92 Å². The molecule has 36 heavy (non-hydrogen) atoms. The lowest BCUT2D eigenvalue weighted by Crippen LogP contribution is -2.52. The Morgan fingerprint density at radius 1 is 1.33 bits per heavy atom. The minimum absolute atomic E-state index is 0.0699. The van der Waals surface area contributed by atoms with Crippen LogP contribution in [0.2, 0.25) is 0 Å². The predicted molar refractivity (Wildman–Crippen MR) is 131 cm³/mol. The summed E-state index contributed by atoms with van der Waals surface area (Å²) in [5, 5.41) is 3.96. The van der Waals surface area contributed by atoms with Crippen LogP contribution in [-0.2, 0) is 11.3 Å². The molecular formula is C24H28F2N8O2. The topological polar surface area (TPSA) is 114 Å². The Labute approximate surface area is 206 Å². The number of H-pyrrole nitrogens is 1. The third kappa shape index (κ3) is 3.99. The van der Waals surface area contributed by atoms with Crippen LogP contribution in [0.4, 0.5) is 14.7 Å². The van der Waals surface area contributed by atoms with Gasteiger partial charge in [0.1, 0.15) is 11.5 Å². The number of ether oxygens (including phenoxy) is 1. The molecule has 0 aliphatic heterocycles. The van der Waals surface area contributed by atoms with Crippen LogP contribution in [0.3, 0.4) is 0 Å². The van der Waals surface area contributed by atoms with Gasteiger partial charge in [0, 0.05) is 43.7 Å². The number of amides is 1. The summed E-state index contributed by atoms with van der Waals surface area (Å²) in [6.45, 7) is 3.19. The second kappa shape index (κ2) is 8.68. The Kier molecular flexibility index (Phi) is 5.76. The monoisotopic (exact) mass is 498 g/mol. The Morgan fingerprint density at radius 3 is 2.75 bits per heavy atom. The van der Waals surface area contributed by atoms with Crippen LogP contribution in [0.1, 0.15) is 25.6 Å². The summed E-state index contributed by atoms with van der Waals surface area (Å²) in [5.74, 6) is 1.35. The van der Waals surface area contributed by atoms with Gasteiger partial charge in [-0.2, -0.15) is 9.97 Å². The molecule has 1 fully saturated rings. The number of aryl methyl sites for hydroxylation is 1. The number of rotatable bonds is 7. The molecule has 1 amide bonds. The first-order valence-electron chi connectivity index (χ1n) is 11.6. The number of carbonyl (C=O) groups excluding carboxylic acids is 1. The number of halogens is 2. The molecule has 0 saturated heterocycles. The highest BCUT2D eigenvalue weighted by Crippen LogP contribution is 2.43. The van der Waals surface area contributed by atoms with Crippen LogP contribution < -0.4 is 10.1 Å². The SMILES string of the molecule is COc1nc(N[C@H]2C[C@@](C)(C(=O)N(C)C)C2)nc2[nH]cc(-c3cnc4nc(C)n(CC(F)F)c4c3)c12. The van der Waals surface area contributed by atoms with Gasteiger partial charge in [-0.1, -0.05) is 6.92 Å². The van der Waals surface area contributed by atoms with Crippen LogP contribution in [0.15, 0.2) is 18.5 Å². The number of alkyl halides is 2. The van der Waals surface area contributed by atoms with Crippen molar-refractivity contribution >= 4 is 34.1 Å². The molecule has 0 radical (unpaired) electrons. The first-order valence-corrected chi connectivity index (χ1v) is 11.6. The second-order valence-corrected chi connectivity index (χ2v) is 9.72. The zero-order valence-corrected chi connectivity index (χ0v) is 20.8. The van der Waals surface area contributed by atoms with Crippen molar-refractivity contribution in [3.05, 3.63) is 24.3 Å². The van der Waals surface area contributed by atoms with Gasteiger partial charge in [0.15, 0.2) is 5.65 Å². The van der Waals surface area contributed by atoms with Crippen LogP contribution in [0.5, 0.6) is 5.88 Å². The van der Waals surface area contributed by atoms with Crippen molar-refractivity contribution in [2.24, 2.45) is 5.41 Å². The van der Waals surface area contributed by atoms with E-state index < -0.39 is 18.4 Å². The average molecular weight is 499 g/mol. The number of carbonyl (C=O) groups is 1. The fraction of sp³-hybridized carbons (Fsp3) is 0.458. The first-order chi connectivity index (χ1) is 17.1. The van der Waals surface area contributed by atoms with E-state index in [1.54, 1.807) is 44.4 Å². The minimum atomic E-state index is -2.51. The number of nitrogens with zero attached hydrogens (tertiary/aromatic N) is 6. The van der Waals surface area contributed by atoms with Crippen LogP contribution >= 0.6 is 0 Å². The quantitative estimate of drug-likeness (QED) is 0.400. The molecule has 5 rings (SSSR count). The molecule has 0 spiro atoms. The summed E-state index contributed by atoms with van der Waals surface area (Å²) in [5.41, 5.74) is 2.53. The van der Waals surface area contributed by atoms with Gasteiger partial charge in [0.05, 0.1) is 30.0 Å². The van der Waals surface area contributed by atoms with Crippen molar-refractivity contribution in [1.82, 2.24) is 34.4 Å². The third-order valence-electron chi connectivity index (χ3n) is 6.77. The number of aromatic nitrogens is 6. The summed E-state index contributed by atoms with van der Waals surface area (Å²) in [4.78, 5) is 35.0. The van der Waals surface area contributed by atoms with Gasteiger partial charge < -0.3 is 24.5 Å². The molecule has 1 aliphatic rings. The summed E-state index contributed by atoms with van der Waals surface area (Å²) in [6, 6.07) is 1.86. The van der Waals surface area contributed by atoms with Gasteiger partial charge in [-0.3, -0.25) is 4.79 Å². The van der Waals surface area contributed by atoms with Crippen molar-refractivity contribution in [2.45, 2.75) is 45.7 Å². The standard InChI is InChI=1S/C24H28F2N8O2/c1-12-29-19-16(34(12)11-17(25)26)6-13(9-27-19)15-10-28-20-18(15)21(36-5)32-23(31-20)30-14-7-24(2,8-14)22(35)33(3)4/h6,9-10,14,17H,7-8,11H2,1-5H3,(H2,28,30,31,32)/t14-,24+. The maximum Gasteiger partial charge on any atom is 0.256 e. The van der Waals surface area contributed by atoms with E-state index in [2.05, 4.69) is 30.2 Å². The van der Waals surface area contributed by atoms with Crippen molar-refractivity contribution in [2.75, 3.05) is 26.5 Å². The lowest BCUT2D eigenvalue weighted by Gasteiger charge is -2.45. The van der Waals surface area contributed by atoms with Crippen LogP contribution in [0, 0.1) is 12.3 Å². The number of aromatic amines is 1. The Bertz CT molecular complexity index is 1460. The summed E-state index contributed by atoms with van der Waals surface area (Å²) in [6.07, 6.45) is 2.27. The molecule has 0 bridgehead atoms. The lowest BCUT2D eigenvalue weighted by atomic mass is 9.66. The van der Waals surface area contributed by atoms with Crippen molar-refractivity contribution in [3.8, 4) is 17.0 Å². The van der Waals surface area contributed by atoms with E-state index >= 15 is 0 Å². The molecule has 0 unspecified atom stereocenters. The van der Waals surface area contributed by atoms with Gasteiger partial charge in [0.2, 0.25) is 17.7 Å². The Hall–Kier alpha value is -3.83. The average Bonchev–Trinajstić information content (AvgIpc) is 3.37. The van der Waals surface area contributed by atoms with E-state index in [0.29, 0.717) is 58.3 Å². The zero-order valence-electron chi connectivity index (χ0n) is 20.8. The number of imidazole rings is 1. The van der Waals surface area contributed by atoms with E-state index in [9.17, 15) is 13.6 Å². The normalized spacial score (nSPS) is 19.6. The fourth-order valence-electron chi connectivity index (χ4n) is 5.10. The molecule has 190 valence electrons. The number of fused-ring (bicyclic) bond motifs is 2. The summed E-state index contributed by atoms with van der Waals surface area (Å²) in [7, 11) is 5.06. The van der Waals surface area contributed by atoms with Crippen LogP contribution in [0.25, 0.3) is 33.3 Å². The maximum absolute atomic E-state index is 13.1. The molecule has 4 aromatic heterocycles. The largest absolute Gasteiger partial charge is 0.480 e. The highest BCUT2D eigenvalue weighted by molar-refractivity contribution is 5.98. The van der Waals surface area contributed by atoms with E-state index in [1.165, 1.54) is 11.7 Å². The number of nitrogens with one attached hydrogen (secondary N) is 2. The molecular weight excluding hydrogens is 470 g/mol. The Balaban J connectivity index is 1.46. The van der Waals surface area contributed by atoms with E-state index in [0.717, 1.165) is 5.56 Å². The van der Waals surface area contributed by atoms with Crippen molar-refractivity contribution in [1.29, 1.82) is 0 Å². The van der Waals surface area contributed by atoms with Gasteiger partial charge in [-0.15, -0.1) is 0 Å².